The minimum Gasteiger partial charge on any atom is -0.507 e. The highest BCUT2D eigenvalue weighted by atomic mass is 16.5. The Balaban J connectivity index is 1.85. The number of aliphatic hydroxyl groups is 1. The van der Waals surface area contributed by atoms with Crippen molar-refractivity contribution in [3.8, 4) is 11.5 Å². The number of ether oxygens (including phenoxy) is 2. The Morgan fingerprint density at radius 2 is 1.73 bits per heavy atom. The summed E-state index contributed by atoms with van der Waals surface area (Å²) in [5.41, 5.74) is 2.46. The normalized spacial score (nSPS) is 16.7. The zero-order valence-electron chi connectivity index (χ0n) is 21.4. The second-order valence-electron chi connectivity index (χ2n) is 8.72. The van der Waals surface area contributed by atoms with Crippen LogP contribution in [0.1, 0.15) is 56.5 Å². The number of carbonyl (C=O) groups is 2. The van der Waals surface area contributed by atoms with Gasteiger partial charge in [0, 0.05) is 18.0 Å². The summed E-state index contributed by atoms with van der Waals surface area (Å²) in [6.45, 7) is 6.66. The molecule has 192 valence electrons. The number of unbranched alkanes of at least 4 members (excludes halogenated alkanes) is 1. The van der Waals surface area contributed by atoms with Crippen LogP contribution in [0.5, 0.6) is 11.5 Å². The molecule has 3 aromatic rings. The van der Waals surface area contributed by atoms with Crippen molar-refractivity contribution in [1.29, 1.82) is 0 Å². The highest BCUT2D eigenvalue weighted by molar-refractivity contribution is 6.51. The molecule has 37 heavy (non-hydrogen) atoms. The first-order valence-electron chi connectivity index (χ1n) is 12.7. The number of hydrogen-bond acceptors (Lipinski definition) is 6. The third-order valence-corrected chi connectivity index (χ3v) is 6.26. The lowest BCUT2D eigenvalue weighted by molar-refractivity contribution is -0.132. The van der Waals surface area contributed by atoms with Gasteiger partial charge >= 0.3 is 0 Å². The Labute approximate surface area is 217 Å². The molecule has 4 rings (SSSR count). The maximum absolute atomic E-state index is 13.4. The molecule has 1 amide bonds. The van der Waals surface area contributed by atoms with Crippen LogP contribution >= 0.6 is 0 Å². The number of aliphatic hydroxyl groups excluding tert-OH is 1. The first kappa shape index (κ1) is 25.9. The van der Waals surface area contributed by atoms with Gasteiger partial charge in [-0.2, -0.15) is 0 Å². The molecule has 7 heteroatoms. The predicted octanol–water partition coefficient (Wildman–Crippen LogP) is 5.85. The summed E-state index contributed by atoms with van der Waals surface area (Å²) < 4.78 is 11.3. The molecule has 1 aliphatic heterocycles. The van der Waals surface area contributed by atoms with Gasteiger partial charge in [0.05, 0.1) is 30.0 Å². The van der Waals surface area contributed by atoms with Crippen molar-refractivity contribution in [2.24, 2.45) is 0 Å². The molecule has 2 heterocycles. The molecule has 1 atom stereocenters. The number of Topliss-reactive ketones (excluding diaryl/α,β-unsaturated/α-hetero) is 1. The van der Waals surface area contributed by atoms with Gasteiger partial charge in [0.2, 0.25) is 0 Å². The molecule has 1 aromatic heterocycles. The van der Waals surface area contributed by atoms with Crippen molar-refractivity contribution in [3.63, 3.8) is 0 Å². The lowest BCUT2D eigenvalue weighted by Crippen LogP contribution is -2.29. The minimum absolute atomic E-state index is 0.0381. The average molecular weight is 501 g/mol. The summed E-state index contributed by atoms with van der Waals surface area (Å²) in [5.74, 6) is -0.880. The van der Waals surface area contributed by atoms with Crippen molar-refractivity contribution in [2.75, 3.05) is 18.1 Å². The maximum atomic E-state index is 13.4. The number of rotatable bonds is 10. The van der Waals surface area contributed by atoms with E-state index in [9.17, 15) is 14.7 Å². The van der Waals surface area contributed by atoms with Gasteiger partial charge in [0.25, 0.3) is 11.7 Å². The Morgan fingerprint density at radius 3 is 2.38 bits per heavy atom. The molecular formula is C30H32N2O5. The largest absolute Gasteiger partial charge is 0.507 e. The zero-order chi connectivity index (χ0) is 26.4. The molecule has 0 radical (unpaired) electrons. The molecule has 0 bridgehead atoms. The van der Waals surface area contributed by atoms with E-state index in [4.69, 9.17) is 9.47 Å². The predicted molar refractivity (Wildman–Crippen MR) is 143 cm³/mol. The fourth-order valence-corrected chi connectivity index (χ4v) is 4.50. The van der Waals surface area contributed by atoms with E-state index in [1.807, 2.05) is 38.1 Å². The topological polar surface area (TPSA) is 89.0 Å². The van der Waals surface area contributed by atoms with Crippen molar-refractivity contribution < 1.29 is 24.2 Å². The van der Waals surface area contributed by atoms with Gasteiger partial charge in [-0.3, -0.25) is 19.5 Å². The second kappa shape index (κ2) is 11.7. The number of ketones is 1. The number of pyridine rings is 1. The molecule has 2 aromatic carbocycles. The monoisotopic (exact) mass is 500 g/mol. The molecule has 1 saturated heterocycles. The lowest BCUT2D eigenvalue weighted by atomic mass is 9.97. The van der Waals surface area contributed by atoms with Crippen LogP contribution in [-0.2, 0) is 16.0 Å². The van der Waals surface area contributed by atoms with E-state index in [1.54, 1.807) is 42.6 Å². The molecular weight excluding hydrogens is 468 g/mol. The molecule has 1 N–H and O–H groups in total. The Bertz CT molecular complexity index is 1290. The van der Waals surface area contributed by atoms with Gasteiger partial charge < -0.3 is 14.6 Å². The Hall–Kier alpha value is -4.13. The third kappa shape index (κ3) is 5.35. The highest BCUT2D eigenvalue weighted by Crippen LogP contribution is 2.43. The lowest BCUT2D eigenvalue weighted by Gasteiger charge is -2.25. The van der Waals surface area contributed by atoms with Crippen molar-refractivity contribution in [3.05, 3.63) is 89.3 Å². The highest BCUT2D eigenvalue weighted by Gasteiger charge is 2.47. The smallest absolute Gasteiger partial charge is 0.300 e. The number of carbonyl (C=O) groups excluding carboxylic acids is 2. The average Bonchev–Trinajstić information content (AvgIpc) is 3.18. The fraction of sp³-hybridized carbons (Fsp3) is 0.300. The number of aromatic nitrogens is 1. The van der Waals surface area contributed by atoms with Crippen LogP contribution in [0.15, 0.2) is 72.4 Å². The van der Waals surface area contributed by atoms with E-state index in [2.05, 4.69) is 11.9 Å². The molecule has 0 saturated carbocycles. The van der Waals surface area contributed by atoms with Crippen LogP contribution in [0.2, 0.25) is 0 Å². The summed E-state index contributed by atoms with van der Waals surface area (Å²) in [6, 6.07) is 17.0. The summed E-state index contributed by atoms with van der Waals surface area (Å²) >= 11 is 0. The fourth-order valence-electron chi connectivity index (χ4n) is 4.50. The first-order valence-corrected chi connectivity index (χ1v) is 12.7. The van der Waals surface area contributed by atoms with E-state index in [1.165, 1.54) is 4.90 Å². The maximum Gasteiger partial charge on any atom is 0.300 e. The molecule has 1 unspecified atom stereocenters. The molecule has 1 aliphatic rings. The molecule has 7 nitrogen and oxygen atoms in total. The number of hydrogen-bond donors (Lipinski definition) is 1. The number of nitrogens with zero attached hydrogens (tertiary/aromatic N) is 2. The van der Waals surface area contributed by atoms with E-state index < -0.39 is 17.7 Å². The van der Waals surface area contributed by atoms with E-state index >= 15 is 0 Å². The van der Waals surface area contributed by atoms with Crippen LogP contribution in [0, 0.1) is 0 Å². The SMILES string of the molecule is CCCCc1ccc(N2C(=O)C(=O)/C(=C(\O)c3ccc(OCC)cc3OCC)C2c2ccccn2)cc1. The minimum atomic E-state index is -0.899. The van der Waals surface area contributed by atoms with Crippen LogP contribution < -0.4 is 14.4 Å². The number of aryl methyl sites for hydroxylation is 1. The van der Waals surface area contributed by atoms with E-state index in [0.717, 1.165) is 24.8 Å². The van der Waals surface area contributed by atoms with Crippen LogP contribution in [0.4, 0.5) is 5.69 Å². The van der Waals surface area contributed by atoms with Gasteiger partial charge in [-0.05, 0) is 68.7 Å². The quantitative estimate of drug-likeness (QED) is 0.213. The van der Waals surface area contributed by atoms with Gasteiger partial charge in [0.1, 0.15) is 23.3 Å². The Kier molecular flexibility index (Phi) is 8.23. The van der Waals surface area contributed by atoms with Gasteiger partial charge in [-0.25, -0.2) is 0 Å². The number of benzene rings is 2. The summed E-state index contributed by atoms with van der Waals surface area (Å²) in [7, 11) is 0. The van der Waals surface area contributed by atoms with Crippen LogP contribution in [0.25, 0.3) is 5.76 Å². The van der Waals surface area contributed by atoms with Gasteiger partial charge in [-0.1, -0.05) is 31.5 Å². The summed E-state index contributed by atoms with van der Waals surface area (Å²) in [4.78, 5) is 32.7. The molecule has 0 spiro atoms. The van der Waals surface area contributed by atoms with E-state index in [-0.39, 0.29) is 11.3 Å². The van der Waals surface area contributed by atoms with Crippen molar-refractivity contribution >= 4 is 23.1 Å². The second-order valence-corrected chi connectivity index (χ2v) is 8.72. The number of amides is 1. The van der Waals surface area contributed by atoms with Crippen molar-refractivity contribution in [2.45, 2.75) is 46.1 Å². The Morgan fingerprint density at radius 1 is 0.973 bits per heavy atom. The van der Waals surface area contributed by atoms with Crippen molar-refractivity contribution in [1.82, 2.24) is 4.98 Å². The first-order chi connectivity index (χ1) is 18.0. The van der Waals surface area contributed by atoms with Crippen LogP contribution in [0.3, 0.4) is 0 Å². The summed E-state index contributed by atoms with van der Waals surface area (Å²) in [5, 5.41) is 11.5. The number of anilines is 1. The standard InChI is InChI=1S/C30H32N2O5/c1-4-7-10-20-12-14-21(15-13-20)32-27(24-11-8-9-18-31-24)26(29(34)30(32)35)28(33)23-17-16-22(36-5-2)19-25(23)37-6-3/h8-9,11-19,27,33H,4-7,10H2,1-3H3/b28-26-. The van der Waals surface area contributed by atoms with Crippen LogP contribution in [-0.4, -0.2) is 35.0 Å². The molecule has 0 aliphatic carbocycles. The van der Waals surface area contributed by atoms with E-state index in [0.29, 0.717) is 41.7 Å². The zero-order valence-corrected chi connectivity index (χ0v) is 21.4. The third-order valence-electron chi connectivity index (χ3n) is 6.26. The molecule has 1 fully saturated rings. The summed E-state index contributed by atoms with van der Waals surface area (Å²) in [6.07, 6.45) is 4.70. The van der Waals surface area contributed by atoms with Gasteiger partial charge in [-0.15, -0.1) is 0 Å². The van der Waals surface area contributed by atoms with Gasteiger partial charge in [0.15, 0.2) is 0 Å².